The summed E-state index contributed by atoms with van der Waals surface area (Å²) >= 11 is 0. The lowest BCUT2D eigenvalue weighted by Crippen LogP contribution is -2.46. The number of likely N-dealkylation sites (tertiary alicyclic amines) is 1. The van der Waals surface area contributed by atoms with Crippen LogP contribution in [0.5, 0.6) is 0 Å². The normalized spacial score (nSPS) is 16.9. The van der Waals surface area contributed by atoms with Gasteiger partial charge in [0.1, 0.15) is 0 Å². The van der Waals surface area contributed by atoms with E-state index >= 15 is 0 Å². The summed E-state index contributed by atoms with van der Waals surface area (Å²) in [7, 11) is 0. The number of nitrogens with one attached hydrogen (secondary N) is 1. The maximum absolute atomic E-state index is 12.2. The van der Waals surface area contributed by atoms with Crippen LogP contribution in [-0.4, -0.2) is 43.0 Å². The van der Waals surface area contributed by atoms with Gasteiger partial charge in [0.2, 0.25) is 5.91 Å². The Morgan fingerprint density at radius 3 is 2.71 bits per heavy atom. The molecule has 1 aliphatic heterocycles. The standard InChI is InChI=1S/C17H27N3O/c1-13-3-4-14(2)15(11-13)12-17(21)19-16-5-8-20(9-6-16)10-7-18/h3-4,11,16H,5-10,12,18H2,1-2H3,(H,19,21). The predicted octanol–water partition coefficient (Wildman–Crippen LogP) is 1.39. The molecular weight excluding hydrogens is 262 g/mol. The van der Waals surface area contributed by atoms with E-state index < -0.39 is 0 Å². The van der Waals surface area contributed by atoms with Crippen LogP contribution in [0.15, 0.2) is 18.2 Å². The Bertz CT molecular complexity index is 479. The Morgan fingerprint density at radius 2 is 2.05 bits per heavy atom. The average molecular weight is 289 g/mol. The van der Waals surface area contributed by atoms with Gasteiger partial charge in [0.15, 0.2) is 0 Å². The van der Waals surface area contributed by atoms with Gasteiger partial charge in [0.25, 0.3) is 0 Å². The Morgan fingerprint density at radius 1 is 1.33 bits per heavy atom. The number of benzene rings is 1. The number of rotatable bonds is 5. The second-order valence-electron chi connectivity index (χ2n) is 6.08. The first-order valence-corrected chi connectivity index (χ1v) is 7.86. The molecule has 0 atom stereocenters. The maximum Gasteiger partial charge on any atom is 0.224 e. The summed E-state index contributed by atoms with van der Waals surface area (Å²) in [6, 6.07) is 6.60. The van der Waals surface area contributed by atoms with Crippen LogP contribution in [0.3, 0.4) is 0 Å². The molecule has 4 nitrogen and oxygen atoms in total. The first kappa shape index (κ1) is 16.0. The van der Waals surface area contributed by atoms with E-state index in [-0.39, 0.29) is 5.91 Å². The van der Waals surface area contributed by atoms with Crippen molar-refractivity contribution >= 4 is 5.91 Å². The monoisotopic (exact) mass is 289 g/mol. The Balaban J connectivity index is 1.81. The number of carbonyl (C=O) groups excluding carboxylic acids is 1. The minimum absolute atomic E-state index is 0.140. The maximum atomic E-state index is 12.2. The lowest BCUT2D eigenvalue weighted by Gasteiger charge is -2.32. The van der Waals surface area contributed by atoms with Gasteiger partial charge in [-0.2, -0.15) is 0 Å². The van der Waals surface area contributed by atoms with Gasteiger partial charge in [-0.05, 0) is 37.8 Å². The highest BCUT2D eigenvalue weighted by atomic mass is 16.1. The van der Waals surface area contributed by atoms with Crippen LogP contribution in [0.2, 0.25) is 0 Å². The van der Waals surface area contributed by atoms with E-state index in [1.165, 1.54) is 11.1 Å². The second-order valence-corrected chi connectivity index (χ2v) is 6.08. The van der Waals surface area contributed by atoms with E-state index in [0.29, 0.717) is 19.0 Å². The highest BCUT2D eigenvalue weighted by Gasteiger charge is 2.20. The highest BCUT2D eigenvalue weighted by molar-refractivity contribution is 5.79. The molecule has 1 aromatic carbocycles. The third-order valence-corrected chi connectivity index (χ3v) is 4.25. The Labute approximate surface area is 127 Å². The molecular formula is C17H27N3O. The first-order chi connectivity index (χ1) is 10.1. The molecule has 0 aliphatic carbocycles. The van der Waals surface area contributed by atoms with Gasteiger partial charge in [-0.25, -0.2) is 0 Å². The van der Waals surface area contributed by atoms with Gasteiger partial charge < -0.3 is 16.0 Å². The summed E-state index contributed by atoms with van der Waals surface area (Å²) in [4.78, 5) is 14.6. The fourth-order valence-electron chi connectivity index (χ4n) is 2.93. The molecule has 2 rings (SSSR count). The second kappa shape index (κ2) is 7.57. The SMILES string of the molecule is Cc1ccc(C)c(CC(=O)NC2CCN(CCN)CC2)c1. The minimum Gasteiger partial charge on any atom is -0.353 e. The number of nitrogens with zero attached hydrogens (tertiary/aromatic N) is 1. The molecule has 0 saturated carbocycles. The molecule has 21 heavy (non-hydrogen) atoms. The molecule has 0 unspecified atom stereocenters. The number of amides is 1. The molecule has 1 aromatic rings. The van der Waals surface area contributed by atoms with Gasteiger partial charge >= 0.3 is 0 Å². The van der Waals surface area contributed by atoms with Crippen LogP contribution in [0.1, 0.15) is 29.5 Å². The summed E-state index contributed by atoms with van der Waals surface area (Å²) in [5.41, 5.74) is 9.10. The van der Waals surface area contributed by atoms with Gasteiger partial charge in [-0.1, -0.05) is 23.8 Å². The molecule has 116 valence electrons. The molecule has 1 amide bonds. The molecule has 1 saturated heterocycles. The minimum atomic E-state index is 0.140. The molecule has 3 N–H and O–H groups in total. The van der Waals surface area contributed by atoms with Crippen molar-refractivity contribution in [2.24, 2.45) is 5.73 Å². The predicted molar refractivity (Wildman–Crippen MR) is 86.3 cm³/mol. The fraction of sp³-hybridized carbons (Fsp3) is 0.588. The van der Waals surface area contributed by atoms with Gasteiger partial charge in [0.05, 0.1) is 6.42 Å². The molecule has 0 spiro atoms. The van der Waals surface area contributed by atoms with E-state index in [0.717, 1.165) is 38.0 Å². The molecule has 0 bridgehead atoms. The molecule has 1 heterocycles. The quantitative estimate of drug-likeness (QED) is 0.861. The van der Waals surface area contributed by atoms with Crippen molar-refractivity contribution in [3.63, 3.8) is 0 Å². The molecule has 1 aliphatic rings. The van der Waals surface area contributed by atoms with Gasteiger partial charge in [-0.15, -0.1) is 0 Å². The molecule has 0 aromatic heterocycles. The third kappa shape index (κ3) is 4.83. The van der Waals surface area contributed by atoms with Gasteiger partial charge in [-0.3, -0.25) is 4.79 Å². The largest absolute Gasteiger partial charge is 0.353 e. The average Bonchev–Trinajstić information content (AvgIpc) is 2.45. The van der Waals surface area contributed by atoms with Crippen molar-refractivity contribution in [1.82, 2.24) is 10.2 Å². The lowest BCUT2D eigenvalue weighted by molar-refractivity contribution is -0.121. The zero-order valence-corrected chi connectivity index (χ0v) is 13.2. The topological polar surface area (TPSA) is 58.4 Å². The van der Waals surface area contributed by atoms with E-state index in [2.05, 4.69) is 42.3 Å². The summed E-state index contributed by atoms with van der Waals surface area (Å²) in [6.45, 7) is 7.87. The zero-order chi connectivity index (χ0) is 15.2. The zero-order valence-electron chi connectivity index (χ0n) is 13.2. The van der Waals surface area contributed by atoms with Crippen molar-refractivity contribution in [1.29, 1.82) is 0 Å². The van der Waals surface area contributed by atoms with Crippen LogP contribution >= 0.6 is 0 Å². The van der Waals surface area contributed by atoms with Crippen LogP contribution in [0.4, 0.5) is 0 Å². The van der Waals surface area contributed by atoms with Crippen molar-refractivity contribution < 1.29 is 4.79 Å². The summed E-state index contributed by atoms with van der Waals surface area (Å²) in [6.07, 6.45) is 2.54. The van der Waals surface area contributed by atoms with E-state index in [4.69, 9.17) is 5.73 Å². The Kier molecular flexibility index (Phi) is 5.76. The van der Waals surface area contributed by atoms with Gasteiger partial charge in [0, 0.05) is 32.2 Å². The van der Waals surface area contributed by atoms with Crippen LogP contribution in [-0.2, 0) is 11.2 Å². The van der Waals surface area contributed by atoms with Crippen molar-refractivity contribution in [3.05, 3.63) is 34.9 Å². The molecule has 1 fully saturated rings. The van der Waals surface area contributed by atoms with Crippen LogP contribution < -0.4 is 11.1 Å². The first-order valence-electron chi connectivity index (χ1n) is 7.86. The molecule has 4 heteroatoms. The number of nitrogens with two attached hydrogens (primary N) is 1. The van der Waals surface area contributed by atoms with E-state index in [9.17, 15) is 4.79 Å². The summed E-state index contributed by atoms with van der Waals surface area (Å²) < 4.78 is 0. The fourth-order valence-corrected chi connectivity index (χ4v) is 2.93. The smallest absolute Gasteiger partial charge is 0.224 e. The van der Waals surface area contributed by atoms with Crippen LogP contribution in [0, 0.1) is 13.8 Å². The van der Waals surface area contributed by atoms with Crippen molar-refractivity contribution in [2.45, 2.75) is 39.2 Å². The highest BCUT2D eigenvalue weighted by Crippen LogP contribution is 2.13. The number of piperidine rings is 1. The van der Waals surface area contributed by atoms with E-state index in [1.54, 1.807) is 0 Å². The number of hydrogen-bond donors (Lipinski definition) is 2. The van der Waals surface area contributed by atoms with E-state index in [1.807, 2.05) is 0 Å². The summed E-state index contributed by atoms with van der Waals surface area (Å²) in [5, 5.41) is 3.18. The lowest BCUT2D eigenvalue weighted by atomic mass is 10.0. The number of carbonyl (C=O) groups is 1. The Hall–Kier alpha value is -1.39. The number of aryl methyl sites for hydroxylation is 2. The van der Waals surface area contributed by atoms with Crippen molar-refractivity contribution in [3.8, 4) is 0 Å². The molecule has 0 radical (unpaired) electrons. The van der Waals surface area contributed by atoms with Crippen molar-refractivity contribution in [2.75, 3.05) is 26.2 Å². The summed E-state index contributed by atoms with van der Waals surface area (Å²) in [5.74, 6) is 0.140. The van der Waals surface area contributed by atoms with Crippen LogP contribution in [0.25, 0.3) is 0 Å². The third-order valence-electron chi connectivity index (χ3n) is 4.25. The number of hydrogen-bond acceptors (Lipinski definition) is 3.